The summed E-state index contributed by atoms with van der Waals surface area (Å²) in [6.07, 6.45) is 0.804. The summed E-state index contributed by atoms with van der Waals surface area (Å²) < 4.78 is 17.2. The first-order valence-electron chi connectivity index (χ1n) is 7.33. The van der Waals surface area contributed by atoms with Gasteiger partial charge in [0, 0.05) is 32.0 Å². The number of hydrogen-bond donors (Lipinski definition) is 1. The Morgan fingerprint density at radius 1 is 1.42 bits per heavy atom. The molecule has 1 aliphatic heterocycles. The highest BCUT2D eigenvalue weighted by Gasteiger charge is 2.15. The normalized spacial score (nSPS) is 12.4. The zero-order valence-corrected chi connectivity index (χ0v) is 13.9. The maximum absolute atomic E-state index is 12.1. The highest BCUT2D eigenvalue weighted by molar-refractivity contribution is 7.99. The molecule has 1 N–H and O–H groups in total. The first-order chi connectivity index (χ1) is 11.8. The minimum Gasteiger partial charge on any atom is -0.454 e. The molecule has 0 fully saturated rings. The Hall–Kier alpha value is -2.33. The molecule has 2 heterocycles. The molecule has 1 aliphatic rings. The van der Waals surface area contributed by atoms with Crippen molar-refractivity contribution in [2.75, 3.05) is 31.6 Å². The number of carbonyl (C=O) groups is 1. The van der Waals surface area contributed by atoms with Crippen molar-refractivity contribution in [3.63, 3.8) is 0 Å². The molecule has 128 valence electrons. The zero-order valence-electron chi connectivity index (χ0n) is 13.1. The Bertz CT molecular complexity index is 708. The molecule has 1 aromatic carbocycles. The van der Waals surface area contributed by atoms with E-state index in [4.69, 9.17) is 14.2 Å². The fourth-order valence-electron chi connectivity index (χ4n) is 2.10. The monoisotopic (exact) mass is 351 g/mol. The second-order valence-corrected chi connectivity index (χ2v) is 5.88. The number of anilines is 1. The topological polar surface area (TPSA) is 100 Å². The van der Waals surface area contributed by atoms with Gasteiger partial charge in [-0.2, -0.15) is 0 Å². The molecule has 0 radical (unpaired) electrons. The van der Waals surface area contributed by atoms with Gasteiger partial charge in [-0.25, -0.2) is 4.68 Å². The summed E-state index contributed by atoms with van der Waals surface area (Å²) in [4.78, 5) is 12.1. The number of carbonyl (C=O) groups excluding carboxylic acids is 1. The van der Waals surface area contributed by atoms with Crippen molar-refractivity contribution in [1.82, 2.24) is 20.2 Å². The maximum atomic E-state index is 12.1. The maximum Gasteiger partial charge on any atom is 0.234 e. The Labute approximate surface area is 142 Å². The molecule has 9 nitrogen and oxygen atoms in total. The van der Waals surface area contributed by atoms with Crippen LogP contribution in [-0.4, -0.2) is 52.4 Å². The van der Waals surface area contributed by atoms with E-state index in [0.717, 1.165) is 6.42 Å². The number of nitrogens with zero attached hydrogens (tertiary/aromatic N) is 4. The number of aryl methyl sites for hydroxylation is 1. The summed E-state index contributed by atoms with van der Waals surface area (Å²) in [5, 5.41) is 14.9. The van der Waals surface area contributed by atoms with Crippen molar-refractivity contribution in [2.24, 2.45) is 0 Å². The first-order valence-corrected chi connectivity index (χ1v) is 8.32. The molecule has 0 saturated heterocycles. The van der Waals surface area contributed by atoms with Gasteiger partial charge in [0.25, 0.3) is 0 Å². The number of benzene rings is 1. The molecule has 1 amide bonds. The third kappa shape index (κ3) is 4.15. The smallest absolute Gasteiger partial charge is 0.234 e. The minimum atomic E-state index is -0.148. The van der Waals surface area contributed by atoms with Crippen LogP contribution in [0.1, 0.15) is 6.42 Å². The third-order valence-corrected chi connectivity index (χ3v) is 4.16. The van der Waals surface area contributed by atoms with E-state index in [1.54, 1.807) is 30.0 Å². The predicted octanol–water partition coefficient (Wildman–Crippen LogP) is 1.17. The standard InChI is InChI=1S/C14H17N5O4S/c1-21-6-2-5-19-14(16-17-18-19)24-8-13(20)15-10-3-4-11-12(7-10)23-9-22-11/h3-4,7H,2,5-6,8-9H2,1H3,(H,15,20). The molecule has 0 spiro atoms. The largest absolute Gasteiger partial charge is 0.454 e. The van der Waals surface area contributed by atoms with E-state index in [1.165, 1.54) is 11.8 Å². The van der Waals surface area contributed by atoms with Crippen LogP contribution in [0.4, 0.5) is 5.69 Å². The van der Waals surface area contributed by atoms with Crippen molar-refractivity contribution in [3.8, 4) is 11.5 Å². The van der Waals surface area contributed by atoms with Crippen LogP contribution in [0.2, 0.25) is 0 Å². The van der Waals surface area contributed by atoms with Crippen LogP contribution in [0.15, 0.2) is 23.4 Å². The second kappa shape index (κ2) is 7.97. The number of thioether (sulfide) groups is 1. The number of hydrogen-bond acceptors (Lipinski definition) is 8. The van der Waals surface area contributed by atoms with E-state index >= 15 is 0 Å². The quantitative estimate of drug-likeness (QED) is 0.559. The molecule has 2 aromatic rings. The summed E-state index contributed by atoms with van der Waals surface area (Å²) in [5.74, 6) is 1.37. The summed E-state index contributed by atoms with van der Waals surface area (Å²) in [5.41, 5.74) is 0.657. The summed E-state index contributed by atoms with van der Waals surface area (Å²) in [6.45, 7) is 1.48. The van der Waals surface area contributed by atoms with Crippen LogP contribution in [0.5, 0.6) is 11.5 Å². The lowest BCUT2D eigenvalue weighted by atomic mass is 10.3. The number of fused-ring (bicyclic) bond motifs is 1. The van der Waals surface area contributed by atoms with E-state index in [1.807, 2.05) is 0 Å². The third-order valence-electron chi connectivity index (χ3n) is 3.21. The molecular formula is C14H17N5O4S. The van der Waals surface area contributed by atoms with Gasteiger partial charge in [0.1, 0.15) is 0 Å². The second-order valence-electron chi connectivity index (χ2n) is 4.94. The van der Waals surface area contributed by atoms with Crippen molar-refractivity contribution in [1.29, 1.82) is 0 Å². The Morgan fingerprint density at radius 2 is 2.29 bits per heavy atom. The number of methoxy groups -OCH3 is 1. The van der Waals surface area contributed by atoms with Crippen LogP contribution >= 0.6 is 11.8 Å². The molecule has 0 unspecified atom stereocenters. The van der Waals surface area contributed by atoms with Gasteiger partial charge in [-0.15, -0.1) is 5.10 Å². The number of amides is 1. The van der Waals surface area contributed by atoms with Gasteiger partial charge in [0.05, 0.1) is 5.75 Å². The summed E-state index contributed by atoms with van der Waals surface area (Å²) in [7, 11) is 1.65. The molecule has 10 heteroatoms. The van der Waals surface area contributed by atoms with E-state index in [2.05, 4.69) is 20.8 Å². The fraction of sp³-hybridized carbons (Fsp3) is 0.429. The highest BCUT2D eigenvalue weighted by Crippen LogP contribution is 2.34. The van der Waals surface area contributed by atoms with E-state index in [-0.39, 0.29) is 18.5 Å². The average molecular weight is 351 g/mol. The lowest BCUT2D eigenvalue weighted by Gasteiger charge is -2.06. The number of rotatable bonds is 8. The van der Waals surface area contributed by atoms with Crippen LogP contribution < -0.4 is 14.8 Å². The number of nitrogens with one attached hydrogen (secondary N) is 1. The van der Waals surface area contributed by atoms with Crippen LogP contribution in [0.25, 0.3) is 0 Å². The Morgan fingerprint density at radius 3 is 3.17 bits per heavy atom. The van der Waals surface area contributed by atoms with E-state index in [9.17, 15) is 4.79 Å². The predicted molar refractivity (Wildman–Crippen MR) is 86.2 cm³/mol. The number of tetrazole rings is 1. The zero-order chi connectivity index (χ0) is 16.8. The van der Waals surface area contributed by atoms with Gasteiger partial charge in [0.2, 0.25) is 17.9 Å². The summed E-state index contributed by atoms with van der Waals surface area (Å²) >= 11 is 1.28. The Balaban J connectivity index is 1.50. The molecule has 1 aromatic heterocycles. The molecular weight excluding hydrogens is 334 g/mol. The summed E-state index contributed by atoms with van der Waals surface area (Å²) in [6, 6.07) is 5.27. The molecule has 0 atom stereocenters. The van der Waals surface area contributed by atoms with Gasteiger partial charge in [0.15, 0.2) is 11.5 Å². The van der Waals surface area contributed by atoms with Gasteiger partial charge < -0.3 is 19.5 Å². The molecule has 3 rings (SSSR count). The minimum absolute atomic E-state index is 0.148. The van der Waals surface area contributed by atoms with Gasteiger partial charge >= 0.3 is 0 Å². The molecule has 24 heavy (non-hydrogen) atoms. The van der Waals surface area contributed by atoms with Crippen molar-refractivity contribution < 1.29 is 19.0 Å². The van der Waals surface area contributed by atoms with Crippen molar-refractivity contribution in [2.45, 2.75) is 18.1 Å². The lowest BCUT2D eigenvalue weighted by molar-refractivity contribution is -0.113. The van der Waals surface area contributed by atoms with Gasteiger partial charge in [-0.3, -0.25) is 4.79 Å². The average Bonchev–Trinajstić information content (AvgIpc) is 3.21. The molecule has 0 saturated carbocycles. The number of ether oxygens (including phenoxy) is 3. The fourth-order valence-corrected chi connectivity index (χ4v) is 2.80. The van der Waals surface area contributed by atoms with Crippen LogP contribution in [0, 0.1) is 0 Å². The van der Waals surface area contributed by atoms with Crippen LogP contribution in [-0.2, 0) is 16.1 Å². The molecule has 0 bridgehead atoms. The van der Waals surface area contributed by atoms with E-state index in [0.29, 0.717) is 35.5 Å². The van der Waals surface area contributed by atoms with E-state index < -0.39 is 0 Å². The lowest BCUT2D eigenvalue weighted by Crippen LogP contribution is -2.15. The highest BCUT2D eigenvalue weighted by atomic mass is 32.2. The van der Waals surface area contributed by atoms with Gasteiger partial charge in [-0.1, -0.05) is 11.8 Å². The van der Waals surface area contributed by atoms with Crippen molar-refractivity contribution in [3.05, 3.63) is 18.2 Å². The van der Waals surface area contributed by atoms with Crippen molar-refractivity contribution >= 4 is 23.4 Å². The first kappa shape index (κ1) is 16.5. The van der Waals surface area contributed by atoms with Gasteiger partial charge in [-0.05, 0) is 29.0 Å². The van der Waals surface area contributed by atoms with Crippen LogP contribution in [0.3, 0.4) is 0 Å². The number of aromatic nitrogens is 4. The Kier molecular flexibility index (Phi) is 5.49. The SMILES string of the molecule is COCCCn1nnnc1SCC(=O)Nc1ccc2c(c1)OCO2. The molecule has 0 aliphatic carbocycles.